The lowest BCUT2D eigenvalue weighted by Crippen LogP contribution is -2.38. The molecule has 0 aliphatic heterocycles. The molecule has 0 saturated carbocycles. The van der Waals surface area contributed by atoms with Crippen LogP contribution in [0.3, 0.4) is 0 Å². The van der Waals surface area contributed by atoms with Gasteiger partial charge in [-0.2, -0.15) is 13.2 Å². The molecule has 26 heavy (non-hydrogen) atoms. The van der Waals surface area contributed by atoms with E-state index in [1.54, 1.807) is 7.05 Å². The predicted octanol–water partition coefficient (Wildman–Crippen LogP) is 2.80. The van der Waals surface area contributed by atoms with Gasteiger partial charge in [-0.3, -0.25) is 4.99 Å². The summed E-state index contributed by atoms with van der Waals surface area (Å²) in [7, 11) is 3.60. The normalized spacial score (nSPS) is 11.7. The zero-order valence-corrected chi connectivity index (χ0v) is 16.7. The molecule has 0 fully saturated rings. The highest BCUT2D eigenvalue weighted by Crippen LogP contribution is 2.29. The number of halogens is 4. The maximum absolute atomic E-state index is 12.4. The maximum atomic E-state index is 12.4. The molecule has 0 bridgehead atoms. The summed E-state index contributed by atoms with van der Waals surface area (Å²) >= 11 is 0. The molecule has 0 aromatic carbocycles. The summed E-state index contributed by atoms with van der Waals surface area (Å²) in [4.78, 5) is 7.73. The van der Waals surface area contributed by atoms with E-state index in [1.165, 1.54) is 6.07 Å². The van der Waals surface area contributed by atoms with Crippen LogP contribution >= 0.6 is 24.0 Å². The standard InChI is InChI=1S/C16H20F3N5O.HI/c1-20-15(23-9-12-5-7-24(2)11-12)21-6-8-25-14-4-3-13(10-22-14)16(17,18)19;/h3-5,7,10-11H,6,8-9H2,1-2H3,(H2,20,21,23);1H. The van der Waals surface area contributed by atoms with Crippen molar-refractivity contribution in [2.45, 2.75) is 12.7 Å². The molecule has 0 spiro atoms. The number of aliphatic imine (C=N–C) groups is 1. The molecule has 10 heteroatoms. The Labute approximate surface area is 166 Å². The van der Waals surface area contributed by atoms with E-state index in [4.69, 9.17) is 4.74 Å². The highest BCUT2D eigenvalue weighted by Gasteiger charge is 2.30. The van der Waals surface area contributed by atoms with E-state index in [2.05, 4.69) is 20.6 Å². The molecule has 2 aromatic rings. The van der Waals surface area contributed by atoms with Crippen LogP contribution in [0.25, 0.3) is 0 Å². The van der Waals surface area contributed by atoms with E-state index < -0.39 is 11.7 Å². The molecular formula is C16H21F3IN5O. The number of nitrogens with one attached hydrogen (secondary N) is 2. The van der Waals surface area contributed by atoms with E-state index in [0.717, 1.165) is 17.8 Å². The van der Waals surface area contributed by atoms with Crippen LogP contribution in [0.1, 0.15) is 11.1 Å². The van der Waals surface area contributed by atoms with Crippen LogP contribution in [-0.4, -0.2) is 35.7 Å². The Bertz CT molecular complexity index is 701. The first-order valence-electron chi connectivity index (χ1n) is 7.60. The zero-order valence-electron chi connectivity index (χ0n) is 14.4. The Kier molecular flexibility index (Phi) is 8.69. The van der Waals surface area contributed by atoms with Crippen LogP contribution in [0.5, 0.6) is 5.88 Å². The molecule has 0 amide bonds. The smallest absolute Gasteiger partial charge is 0.417 e. The van der Waals surface area contributed by atoms with Crippen molar-refractivity contribution in [1.29, 1.82) is 0 Å². The first kappa shape index (κ1) is 22.1. The summed E-state index contributed by atoms with van der Waals surface area (Å²) in [5.74, 6) is 0.745. The third-order valence-electron chi connectivity index (χ3n) is 3.28. The van der Waals surface area contributed by atoms with Crippen LogP contribution in [0, 0.1) is 0 Å². The number of ether oxygens (including phenoxy) is 1. The second-order valence-corrected chi connectivity index (χ2v) is 5.27. The molecule has 144 valence electrons. The summed E-state index contributed by atoms with van der Waals surface area (Å²) in [6.45, 7) is 1.30. The van der Waals surface area contributed by atoms with E-state index in [1.807, 2.05) is 30.1 Å². The molecule has 0 atom stereocenters. The number of alkyl halides is 3. The van der Waals surface area contributed by atoms with Gasteiger partial charge in [0.1, 0.15) is 6.61 Å². The average molecular weight is 483 g/mol. The van der Waals surface area contributed by atoms with Gasteiger partial charge in [0.25, 0.3) is 0 Å². The van der Waals surface area contributed by atoms with Gasteiger partial charge in [0.2, 0.25) is 5.88 Å². The van der Waals surface area contributed by atoms with Gasteiger partial charge in [0.15, 0.2) is 5.96 Å². The summed E-state index contributed by atoms with van der Waals surface area (Å²) in [5.41, 5.74) is 0.319. The van der Waals surface area contributed by atoms with Gasteiger partial charge in [-0.1, -0.05) is 0 Å². The van der Waals surface area contributed by atoms with Crippen LogP contribution in [0.15, 0.2) is 41.8 Å². The molecule has 0 unspecified atom stereocenters. The van der Waals surface area contributed by atoms with E-state index >= 15 is 0 Å². The van der Waals surface area contributed by atoms with Crippen molar-refractivity contribution in [2.24, 2.45) is 12.0 Å². The van der Waals surface area contributed by atoms with Gasteiger partial charge in [-0.05, 0) is 17.7 Å². The molecule has 6 nitrogen and oxygen atoms in total. The molecule has 0 aliphatic rings. The zero-order chi connectivity index (χ0) is 18.3. The van der Waals surface area contributed by atoms with Gasteiger partial charge < -0.3 is 19.9 Å². The van der Waals surface area contributed by atoms with Crippen LogP contribution in [0.2, 0.25) is 0 Å². The lowest BCUT2D eigenvalue weighted by atomic mass is 10.3. The number of guanidine groups is 1. The second kappa shape index (κ2) is 10.2. The number of nitrogens with zero attached hydrogens (tertiary/aromatic N) is 3. The third-order valence-corrected chi connectivity index (χ3v) is 3.28. The van der Waals surface area contributed by atoms with E-state index in [-0.39, 0.29) is 36.5 Å². The average Bonchev–Trinajstić information content (AvgIpc) is 2.99. The Morgan fingerprint density at radius 2 is 2.04 bits per heavy atom. The van der Waals surface area contributed by atoms with Crippen LogP contribution < -0.4 is 15.4 Å². The van der Waals surface area contributed by atoms with Crippen molar-refractivity contribution in [3.63, 3.8) is 0 Å². The summed E-state index contributed by atoms with van der Waals surface area (Å²) in [5, 5.41) is 6.20. The number of rotatable bonds is 6. The van der Waals surface area contributed by atoms with Crippen LogP contribution in [0.4, 0.5) is 13.2 Å². The van der Waals surface area contributed by atoms with Crippen molar-refractivity contribution >= 4 is 29.9 Å². The van der Waals surface area contributed by atoms with Gasteiger partial charge in [-0.15, -0.1) is 24.0 Å². The minimum atomic E-state index is -4.40. The largest absolute Gasteiger partial charge is 0.476 e. The van der Waals surface area contributed by atoms with Crippen molar-refractivity contribution < 1.29 is 17.9 Å². The van der Waals surface area contributed by atoms with Gasteiger partial charge in [0, 0.05) is 45.3 Å². The minimum absolute atomic E-state index is 0. The fraction of sp³-hybridized carbons (Fsp3) is 0.375. The second-order valence-electron chi connectivity index (χ2n) is 5.27. The molecule has 0 saturated heterocycles. The quantitative estimate of drug-likeness (QED) is 0.287. The molecule has 2 heterocycles. The Morgan fingerprint density at radius 3 is 2.58 bits per heavy atom. The summed E-state index contributed by atoms with van der Waals surface area (Å²) < 4.78 is 44.6. The molecule has 0 aliphatic carbocycles. The third kappa shape index (κ3) is 7.10. The number of aryl methyl sites for hydroxylation is 1. The summed E-state index contributed by atoms with van der Waals surface area (Å²) in [6, 6.07) is 4.14. The van der Waals surface area contributed by atoms with Crippen molar-refractivity contribution in [3.8, 4) is 5.88 Å². The number of pyridine rings is 1. The topological polar surface area (TPSA) is 63.5 Å². The SMILES string of the molecule is CN=C(NCCOc1ccc(C(F)(F)F)cn1)NCc1ccn(C)c1.I. The Balaban J connectivity index is 0.00000338. The lowest BCUT2D eigenvalue weighted by Gasteiger charge is -2.12. The van der Waals surface area contributed by atoms with Gasteiger partial charge in [0.05, 0.1) is 12.1 Å². The molecule has 2 rings (SSSR count). The fourth-order valence-electron chi connectivity index (χ4n) is 2.03. The minimum Gasteiger partial charge on any atom is -0.476 e. The maximum Gasteiger partial charge on any atom is 0.417 e. The van der Waals surface area contributed by atoms with Crippen molar-refractivity contribution in [1.82, 2.24) is 20.2 Å². The molecule has 2 N–H and O–H groups in total. The first-order valence-corrected chi connectivity index (χ1v) is 7.60. The number of hydrogen-bond donors (Lipinski definition) is 2. The molecular weight excluding hydrogens is 462 g/mol. The van der Waals surface area contributed by atoms with Crippen molar-refractivity contribution in [2.75, 3.05) is 20.2 Å². The Hall–Kier alpha value is -1.98. The fourth-order valence-corrected chi connectivity index (χ4v) is 2.03. The summed E-state index contributed by atoms with van der Waals surface area (Å²) in [6.07, 6.45) is 0.310. The molecule has 2 aromatic heterocycles. The highest BCUT2D eigenvalue weighted by molar-refractivity contribution is 14.0. The van der Waals surface area contributed by atoms with Crippen LogP contribution in [-0.2, 0) is 19.8 Å². The Morgan fingerprint density at radius 1 is 1.27 bits per heavy atom. The van der Waals surface area contributed by atoms with E-state index in [9.17, 15) is 13.2 Å². The van der Waals surface area contributed by atoms with Crippen molar-refractivity contribution in [3.05, 3.63) is 47.9 Å². The van der Waals surface area contributed by atoms with Gasteiger partial charge >= 0.3 is 6.18 Å². The number of hydrogen-bond acceptors (Lipinski definition) is 3. The number of aromatic nitrogens is 2. The lowest BCUT2D eigenvalue weighted by molar-refractivity contribution is -0.137. The predicted molar refractivity (Wildman–Crippen MR) is 104 cm³/mol. The molecule has 0 radical (unpaired) electrons. The monoisotopic (exact) mass is 483 g/mol. The first-order chi connectivity index (χ1) is 11.9. The van der Waals surface area contributed by atoms with E-state index in [0.29, 0.717) is 19.0 Å². The van der Waals surface area contributed by atoms with Gasteiger partial charge in [-0.25, -0.2) is 4.98 Å². The highest BCUT2D eigenvalue weighted by atomic mass is 127.